The lowest BCUT2D eigenvalue weighted by molar-refractivity contribution is -0.0463. The van der Waals surface area contributed by atoms with Crippen molar-refractivity contribution in [3.05, 3.63) is 22.2 Å². The summed E-state index contributed by atoms with van der Waals surface area (Å²) in [5.41, 5.74) is 0.898. The van der Waals surface area contributed by atoms with E-state index in [9.17, 15) is 0 Å². The third kappa shape index (κ3) is 3.61. The summed E-state index contributed by atoms with van der Waals surface area (Å²) in [6.45, 7) is 4.03. The van der Waals surface area contributed by atoms with Crippen LogP contribution in [0.15, 0.2) is 16.6 Å². The molecule has 4 nitrogen and oxygen atoms in total. The standard InChI is InChI=1S/C14H19BrO4/c1-3-4-5-17-12-9-10(16-2)8-11(15)13(12)14-18-6-7-19-14/h8-9,14H,3-7H2,1-2H3. The molecule has 106 valence electrons. The van der Waals surface area contributed by atoms with Crippen LogP contribution >= 0.6 is 15.9 Å². The number of methoxy groups -OCH3 is 1. The number of hydrogen-bond acceptors (Lipinski definition) is 4. The van der Waals surface area contributed by atoms with Crippen LogP contribution in [0, 0.1) is 0 Å². The Balaban J connectivity index is 2.26. The fourth-order valence-corrected chi connectivity index (χ4v) is 2.49. The lowest BCUT2D eigenvalue weighted by Crippen LogP contribution is -2.06. The summed E-state index contributed by atoms with van der Waals surface area (Å²) in [6, 6.07) is 3.77. The van der Waals surface area contributed by atoms with Gasteiger partial charge < -0.3 is 18.9 Å². The number of benzene rings is 1. The van der Waals surface area contributed by atoms with Crippen LogP contribution in [-0.2, 0) is 9.47 Å². The smallest absolute Gasteiger partial charge is 0.188 e. The van der Waals surface area contributed by atoms with Crippen molar-refractivity contribution < 1.29 is 18.9 Å². The van der Waals surface area contributed by atoms with Crippen LogP contribution in [0.1, 0.15) is 31.6 Å². The Bertz CT molecular complexity index is 416. The average Bonchev–Trinajstić information content (AvgIpc) is 2.92. The second-order valence-corrected chi connectivity index (χ2v) is 5.15. The Morgan fingerprint density at radius 3 is 2.68 bits per heavy atom. The Morgan fingerprint density at radius 2 is 2.05 bits per heavy atom. The predicted octanol–water partition coefficient (Wildman–Crippen LogP) is 3.68. The minimum absolute atomic E-state index is 0.364. The maximum Gasteiger partial charge on any atom is 0.188 e. The second kappa shape index (κ2) is 7.12. The molecule has 19 heavy (non-hydrogen) atoms. The zero-order chi connectivity index (χ0) is 13.7. The fourth-order valence-electron chi connectivity index (χ4n) is 1.89. The molecule has 5 heteroatoms. The zero-order valence-corrected chi connectivity index (χ0v) is 12.9. The average molecular weight is 331 g/mol. The second-order valence-electron chi connectivity index (χ2n) is 4.30. The van der Waals surface area contributed by atoms with E-state index in [1.165, 1.54) is 0 Å². The first-order chi connectivity index (χ1) is 9.26. The fraction of sp³-hybridized carbons (Fsp3) is 0.571. The summed E-state index contributed by atoms with van der Waals surface area (Å²) >= 11 is 3.54. The first kappa shape index (κ1) is 14.6. The molecular weight excluding hydrogens is 312 g/mol. The van der Waals surface area contributed by atoms with Crippen molar-refractivity contribution in [1.82, 2.24) is 0 Å². The molecule has 0 radical (unpaired) electrons. The summed E-state index contributed by atoms with van der Waals surface area (Å²) in [4.78, 5) is 0. The van der Waals surface area contributed by atoms with E-state index in [0.29, 0.717) is 19.8 Å². The van der Waals surface area contributed by atoms with Gasteiger partial charge >= 0.3 is 0 Å². The lowest BCUT2D eigenvalue weighted by Gasteiger charge is -2.18. The molecule has 0 amide bonds. The minimum atomic E-state index is -0.364. The van der Waals surface area contributed by atoms with Crippen molar-refractivity contribution >= 4 is 15.9 Å². The lowest BCUT2D eigenvalue weighted by atomic mass is 10.2. The summed E-state index contributed by atoms with van der Waals surface area (Å²) < 4.78 is 23.1. The van der Waals surface area contributed by atoms with E-state index < -0.39 is 0 Å². The van der Waals surface area contributed by atoms with Gasteiger partial charge in [0.15, 0.2) is 6.29 Å². The zero-order valence-electron chi connectivity index (χ0n) is 11.3. The van der Waals surface area contributed by atoms with Gasteiger partial charge in [-0.3, -0.25) is 0 Å². The Hall–Kier alpha value is -0.780. The van der Waals surface area contributed by atoms with Crippen LogP contribution in [-0.4, -0.2) is 26.9 Å². The highest BCUT2D eigenvalue weighted by Crippen LogP contribution is 2.40. The number of halogens is 1. The highest BCUT2D eigenvalue weighted by molar-refractivity contribution is 9.10. The van der Waals surface area contributed by atoms with Crippen molar-refractivity contribution in [2.24, 2.45) is 0 Å². The summed E-state index contributed by atoms with van der Waals surface area (Å²) in [5.74, 6) is 1.51. The summed E-state index contributed by atoms with van der Waals surface area (Å²) in [6.07, 6.45) is 1.74. The maximum atomic E-state index is 5.84. The Morgan fingerprint density at radius 1 is 1.32 bits per heavy atom. The van der Waals surface area contributed by atoms with Crippen molar-refractivity contribution in [3.63, 3.8) is 0 Å². The molecule has 0 atom stereocenters. The van der Waals surface area contributed by atoms with Gasteiger partial charge in [0, 0.05) is 10.5 Å². The highest BCUT2D eigenvalue weighted by Gasteiger charge is 2.25. The van der Waals surface area contributed by atoms with Crippen molar-refractivity contribution in [1.29, 1.82) is 0 Å². The molecule has 0 bridgehead atoms. The molecule has 0 spiro atoms. The molecule has 1 aromatic rings. The van der Waals surface area contributed by atoms with Gasteiger partial charge in [-0.15, -0.1) is 0 Å². The number of hydrogen-bond donors (Lipinski definition) is 0. The van der Waals surface area contributed by atoms with Crippen LogP contribution in [0.3, 0.4) is 0 Å². The first-order valence-corrected chi connectivity index (χ1v) is 7.29. The largest absolute Gasteiger partial charge is 0.497 e. The monoisotopic (exact) mass is 330 g/mol. The van der Waals surface area contributed by atoms with Gasteiger partial charge in [0.1, 0.15) is 11.5 Å². The number of ether oxygens (including phenoxy) is 4. The molecular formula is C14H19BrO4. The van der Waals surface area contributed by atoms with Gasteiger partial charge in [-0.2, -0.15) is 0 Å². The molecule has 1 aliphatic rings. The molecule has 1 heterocycles. The molecule has 0 saturated carbocycles. The molecule has 2 rings (SSSR count). The first-order valence-electron chi connectivity index (χ1n) is 6.49. The van der Waals surface area contributed by atoms with Gasteiger partial charge in [-0.25, -0.2) is 0 Å². The number of rotatable bonds is 6. The van der Waals surface area contributed by atoms with E-state index in [2.05, 4.69) is 22.9 Å². The SMILES string of the molecule is CCCCOc1cc(OC)cc(Br)c1C1OCCO1. The van der Waals surface area contributed by atoms with Crippen LogP contribution in [0.5, 0.6) is 11.5 Å². The molecule has 0 aromatic heterocycles. The molecule has 1 fully saturated rings. The van der Waals surface area contributed by atoms with E-state index in [1.54, 1.807) is 7.11 Å². The third-order valence-corrected chi connectivity index (χ3v) is 3.57. The van der Waals surface area contributed by atoms with Crippen molar-refractivity contribution in [3.8, 4) is 11.5 Å². The van der Waals surface area contributed by atoms with E-state index in [1.807, 2.05) is 12.1 Å². The molecule has 0 N–H and O–H groups in total. The molecule has 1 saturated heterocycles. The summed E-state index contributed by atoms with van der Waals surface area (Å²) in [5, 5.41) is 0. The number of unbranched alkanes of at least 4 members (excludes halogenated alkanes) is 1. The van der Waals surface area contributed by atoms with E-state index in [0.717, 1.165) is 34.4 Å². The van der Waals surface area contributed by atoms with Gasteiger partial charge in [0.05, 0.1) is 32.5 Å². The van der Waals surface area contributed by atoms with Gasteiger partial charge in [-0.1, -0.05) is 29.3 Å². The van der Waals surface area contributed by atoms with E-state index >= 15 is 0 Å². The highest BCUT2D eigenvalue weighted by atomic mass is 79.9. The van der Waals surface area contributed by atoms with Crippen molar-refractivity contribution in [2.45, 2.75) is 26.1 Å². The maximum absolute atomic E-state index is 5.84. The van der Waals surface area contributed by atoms with Crippen LogP contribution < -0.4 is 9.47 Å². The van der Waals surface area contributed by atoms with Crippen LogP contribution in [0.4, 0.5) is 0 Å². The molecule has 0 unspecified atom stereocenters. The minimum Gasteiger partial charge on any atom is -0.497 e. The van der Waals surface area contributed by atoms with Gasteiger partial charge in [0.2, 0.25) is 0 Å². The molecule has 0 aliphatic carbocycles. The Kier molecular flexibility index (Phi) is 5.48. The predicted molar refractivity (Wildman–Crippen MR) is 75.7 cm³/mol. The van der Waals surface area contributed by atoms with Gasteiger partial charge in [0.25, 0.3) is 0 Å². The molecule has 1 aliphatic heterocycles. The normalized spacial score (nSPS) is 15.7. The summed E-state index contributed by atoms with van der Waals surface area (Å²) in [7, 11) is 1.64. The molecule has 1 aromatic carbocycles. The Labute approximate surface area is 122 Å². The van der Waals surface area contributed by atoms with E-state index in [-0.39, 0.29) is 6.29 Å². The van der Waals surface area contributed by atoms with Gasteiger partial charge in [-0.05, 0) is 12.5 Å². The quantitative estimate of drug-likeness (QED) is 0.745. The van der Waals surface area contributed by atoms with Crippen LogP contribution in [0.2, 0.25) is 0 Å². The van der Waals surface area contributed by atoms with Crippen molar-refractivity contribution in [2.75, 3.05) is 26.9 Å². The topological polar surface area (TPSA) is 36.9 Å². The van der Waals surface area contributed by atoms with E-state index in [4.69, 9.17) is 18.9 Å². The van der Waals surface area contributed by atoms with Crippen LogP contribution in [0.25, 0.3) is 0 Å². The third-order valence-electron chi connectivity index (χ3n) is 2.91.